The third-order valence-corrected chi connectivity index (χ3v) is 5.22. The summed E-state index contributed by atoms with van der Waals surface area (Å²) in [5, 5.41) is 8.85. The molecular weight excluding hydrogens is 338 g/mol. The monoisotopic (exact) mass is 363 g/mol. The van der Waals surface area contributed by atoms with Crippen molar-refractivity contribution in [2.75, 3.05) is 11.4 Å². The molecule has 140 valence electrons. The first-order valence-corrected chi connectivity index (χ1v) is 9.20. The highest BCUT2D eigenvalue weighted by Crippen LogP contribution is 2.42. The molecule has 0 unspecified atom stereocenters. The Bertz CT molecular complexity index is 941. The van der Waals surface area contributed by atoms with Crippen molar-refractivity contribution in [3.63, 3.8) is 0 Å². The molecule has 4 nitrogen and oxygen atoms in total. The van der Waals surface area contributed by atoms with Crippen LogP contribution >= 0.6 is 0 Å². The molecule has 1 amide bonds. The van der Waals surface area contributed by atoms with Gasteiger partial charge in [0.05, 0.1) is 0 Å². The van der Waals surface area contributed by atoms with Crippen LogP contribution in [0, 0.1) is 6.92 Å². The summed E-state index contributed by atoms with van der Waals surface area (Å²) in [5.74, 6) is -0.813. The standard InChI is InChI=1S/C23H25NO3/c1-5-24-20-13-17(9-10-19(20)23(3,4)14-21(24)25)18-12-16(7-6-15(18)2)8-11-22(26)27/h6-13H,5,14H2,1-4H3,(H,26,27). The zero-order chi connectivity index (χ0) is 19.8. The number of hydrogen-bond donors (Lipinski definition) is 1. The molecular formula is C23H25NO3. The molecule has 2 aromatic carbocycles. The molecule has 0 aliphatic carbocycles. The Morgan fingerprint density at radius 2 is 1.96 bits per heavy atom. The van der Waals surface area contributed by atoms with E-state index in [1.807, 2.05) is 36.9 Å². The van der Waals surface area contributed by atoms with Crippen LogP contribution in [0.2, 0.25) is 0 Å². The molecule has 2 aromatic rings. The van der Waals surface area contributed by atoms with E-state index in [9.17, 15) is 9.59 Å². The smallest absolute Gasteiger partial charge is 0.328 e. The van der Waals surface area contributed by atoms with E-state index in [-0.39, 0.29) is 11.3 Å². The van der Waals surface area contributed by atoms with Crippen molar-refractivity contribution in [2.24, 2.45) is 0 Å². The lowest BCUT2D eigenvalue weighted by molar-refractivity contribution is -0.131. The van der Waals surface area contributed by atoms with Crippen LogP contribution in [-0.4, -0.2) is 23.5 Å². The van der Waals surface area contributed by atoms with E-state index in [4.69, 9.17) is 5.11 Å². The maximum atomic E-state index is 12.6. The Kier molecular flexibility index (Phi) is 4.92. The van der Waals surface area contributed by atoms with Crippen LogP contribution in [0.25, 0.3) is 17.2 Å². The molecule has 0 spiro atoms. The summed E-state index contributed by atoms with van der Waals surface area (Å²) in [5.41, 5.74) is 5.98. The lowest BCUT2D eigenvalue weighted by Crippen LogP contribution is -2.41. The van der Waals surface area contributed by atoms with Crippen molar-refractivity contribution in [3.8, 4) is 11.1 Å². The zero-order valence-electron chi connectivity index (χ0n) is 16.2. The van der Waals surface area contributed by atoms with Crippen LogP contribution in [0.15, 0.2) is 42.5 Å². The summed E-state index contributed by atoms with van der Waals surface area (Å²) in [7, 11) is 0. The quantitative estimate of drug-likeness (QED) is 0.794. The summed E-state index contributed by atoms with van der Waals surface area (Å²) in [6.45, 7) is 8.89. The van der Waals surface area contributed by atoms with Gasteiger partial charge in [0.2, 0.25) is 5.91 Å². The maximum absolute atomic E-state index is 12.6. The van der Waals surface area contributed by atoms with Gasteiger partial charge in [0.1, 0.15) is 0 Å². The molecule has 4 heteroatoms. The predicted molar refractivity (Wildman–Crippen MR) is 109 cm³/mol. The lowest BCUT2D eigenvalue weighted by Gasteiger charge is -2.38. The fraction of sp³-hybridized carbons (Fsp3) is 0.304. The minimum Gasteiger partial charge on any atom is -0.478 e. The lowest BCUT2D eigenvalue weighted by atomic mass is 9.76. The second-order valence-corrected chi connectivity index (χ2v) is 7.68. The second kappa shape index (κ2) is 7.03. The fourth-order valence-corrected chi connectivity index (χ4v) is 3.77. The van der Waals surface area contributed by atoms with E-state index in [0.717, 1.165) is 34.0 Å². The predicted octanol–water partition coefficient (Wildman–Crippen LogP) is 4.79. The highest BCUT2D eigenvalue weighted by Gasteiger charge is 2.36. The van der Waals surface area contributed by atoms with Crippen molar-refractivity contribution >= 4 is 23.6 Å². The number of carboxylic acid groups (broad SMARTS) is 1. The molecule has 0 fully saturated rings. The van der Waals surface area contributed by atoms with Crippen LogP contribution < -0.4 is 4.90 Å². The topological polar surface area (TPSA) is 57.6 Å². The molecule has 0 aromatic heterocycles. The van der Waals surface area contributed by atoms with Gasteiger partial charge in [-0.25, -0.2) is 4.79 Å². The molecule has 27 heavy (non-hydrogen) atoms. The van der Waals surface area contributed by atoms with Crippen LogP contribution in [-0.2, 0) is 15.0 Å². The summed E-state index contributed by atoms with van der Waals surface area (Å²) >= 11 is 0. The summed E-state index contributed by atoms with van der Waals surface area (Å²) in [4.78, 5) is 25.2. The number of aryl methyl sites for hydroxylation is 1. The van der Waals surface area contributed by atoms with Crippen molar-refractivity contribution in [1.29, 1.82) is 0 Å². The molecule has 0 radical (unpaired) electrons. The number of nitrogens with zero attached hydrogens (tertiary/aromatic N) is 1. The molecule has 1 N–H and O–H groups in total. The van der Waals surface area contributed by atoms with Crippen molar-refractivity contribution in [1.82, 2.24) is 0 Å². The third kappa shape index (κ3) is 3.65. The number of benzene rings is 2. The first-order valence-electron chi connectivity index (χ1n) is 9.20. The minimum atomic E-state index is -0.967. The number of rotatable bonds is 4. The molecule has 3 rings (SSSR count). The van der Waals surface area contributed by atoms with E-state index in [1.54, 1.807) is 6.08 Å². The number of amides is 1. The summed E-state index contributed by atoms with van der Waals surface area (Å²) < 4.78 is 0. The van der Waals surface area contributed by atoms with Gasteiger partial charge in [-0.1, -0.05) is 38.1 Å². The Morgan fingerprint density at radius 3 is 2.63 bits per heavy atom. The van der Waals surface area contributed by atoms with Gasteiger partial charge in [0.25, 0.3) is 0 Å². The third-order valence-electron chi connectivity index (χ3n) is 5.22. The normalized spacial score (nSPS) is 15.9. The van der Waals surface area contributed by atoms with Crippen LogP contribution in [0.1, 0.15) is 43.9 Å². The van der Waals surface area contributed by atoms with Gasteiger partial charge in [-0.05, 0) is 59.9 Å². The van der Waals surface area contributed by atoms with Crippen molar-refractivity contribution < 1.29 is 14.7 Å². The van der Waals surface area contributed by atoms with Gasteiger partial charge < -0.3 is 10.0 Å². The van der Waals surface area contributed by atoms with Crippen LogP contribution in [0.4, 0.5) is 5.69 Å². The van der Waals surface area contributed by atoms with E-state index >= 15 is 0 Å². The SMILES string of the molecule is CCN1C(=O)CC(C)(C)c2ccc(-c3cc(C=CC(=O)O)ccc3C)cc21. The minimum absolute atomic E-state index is 0.155. The molecule has 0 saturated carbocycles. The number of carbonyl (C=O) groups excluding carboxylic acids is 1. The molecule has 0 atom stereocenters. The number of anilines is 1. The summed E-state index contributed by atoms with van der Waals surface area (Å²) in [6, 6.07) is 12.2. The maximum Gasteiger partial charge on any atom is 0.328 e. The molecule has 0 bridgehead atoms. The largest absolute Gasteiger partial charge is 0.478 e. The van der Waals surface area contributed by atoms with Crippen molar-refractivity contribution in [3.05, 3.63) is 59.2 Å². The number of carbonyl (C=O) groups is 2. The van der Waals surface area contributed by atoms with E-state index in [0.29, 0.717) is 13.0 Å². The Morgan fingerprint density at radius 1 is 1.22 bits per heavy atom. The number of aliphatic carboxylic acids is 1. The molecule has 1 aliphatic heterocycles. The number of carboxylic acids is 1. The Hall–Kier alpha value is -2.88. The second-order valence-electron chi connectivity index (χ2n) is 7.68. The van der Waals surface area contributed by atoms with Gasteiger partial charge in [-0.15, -0.1) is 0 Å². The first-order chi connectivity index (χ1) is 12.7. The molecule has 0 saturated heterocycles. The average molecular weight is 363 g/mol. The van der Waals surface area contributed by atoms with E-state index < -0.39 is 5.97 Å². The fourth-order valence-electron chi connectivity index (χ4n) is 3.77. The Balaban J connectivity index is 2.12. The van der Waals surface area contributed by atoms with Gasteiger partial charge in [-0.2, -0.15) is 0 Å². The van der Waals surface area contributed by atoms with Crippen LogP contribution in [0.5, 0.6) is 0 Å². The van der Waals surface area contributed by atoms with Gasteiger partial charge in [0, 0.05) is 30.1 Å². The highest BCUT2D eigenvalue weighted by molar-refractivity contribution is 5.98. The summed E-state index contributed by atoms with van der Waals surface area (Å²) in [6.07, 6.45) is 3.25. The first kappa shape index (κ1) is 18.9. The van der Waals surface area contributed by atoms with Gasteiger partial charge >= 0.3 is 5.97 Å². The van der Waals surface area contributed by atoms with E-state index in [1.165, 1.54) is 5.56 Å². The number of fused-ring (bicyclic) bond motifs is 1. The highest BCUT2D eigenvalue weighted by atomic mass is 16.4. The Labute approximate surface area is 160 Å². The number of hydrogen-bond acceptors (Lipinski definition) is 2. The van der Waals surface area contributed by atoms with Gasteiger partial charge in [0.15, 0.2) is 0 Å². The van der Waals surface area contributed by atoms with Gasteiger partial charge in [-0.3, -0.25) is 4.79 Å². The zero-order valence-corrected chi connectivity index (χ0v) is 16.2. The molecule has 1 aliphatic rings. The van der Waals surface area contributed by atoms with Crippen molar-refractivity contribution in [2.45, 2.75) is 39.5 Å². The average Bonchev–Trinajstić information content (AvgIpc) is 2.60. The van der Waals surface area contributed by atoms with Crippen LogP contribution in [0.3, 0.4) is 0 Å². The van der Waals surface area contributed by atoms with E-state index in [2.05, 4.69) is 32.0 Å². The molecule has 1 heterocycles.